The van der Waals surface area contributed by atoms with E-state index in [1.54, 1.807) is 31.4 Å². The zero-order valence-electron chi connectivity index (χ0n) is 11.0. The summed E-state index contributed by atoms with van der Waals surface area (Å²) in [5.41, 5.74) is 6.15. The summed E-state index contributed by atoms with van der Waals surface area (Å²) in [5.74, 6) is 0.00869. The van der Waals surface area contributed by atoms with Crippen LogP contribution in [0.15, 0.2) is 24.3 Å². The van der Waals surface area contributed by atoms with Crippen molar-refractivity contribution < 1.29 is 23.7 Å². The van der Waals surface area contributed by atoms with E-state index in [9.17, 15) is 4.79 Å². The summed E-state index contributed by atoms with van der Waals surface area (Å²) >= 11 is 0. The van der Waals surface area contributed by atoms with Gasteiger partial charge in [-0.2, -0.15) is 0 Å². The molecule has 0 heterocycles. The Morgan fingerprint density at radius 1 is 1.16 bits per heavy atom. The van der Waals surface area contributed by atoms with Crippen LogP contribution in [0.3, 0.4) is 0 Å². The standard InChI is InChI=1S/C13H19NO5/c1-16-6-7-17-8-9-18-13(15)10-19-12-5-3-2-4-11(12)14/h2-5H,6-10,14H2,1H3. The number of carbonyl (C=O) groups is 1. The largest absolute Gasteiger partial charge is 0.480 e. The first-order valence-electron chi connectivity index (χ1n) is 5.93. The lowest BCUT2D eigenvalue weighted by atomic mass is 10.3. The molecule has 0 spiro atoms. The van der Waals surface area contributed by atoms with Gasteiger partial charge in [0.15, 0.2) is 6.61 Å². The Kier molecular flexibility index (Phi) is 7.38. The van der Waals surface area contributed by atoms with Crippen LogP contribution in [0.5, 0.6) is 5.75 Å². The number of hydrogen-bond acceptors (Lipinski definition) is 6. The molecule has 0 atom stereocenters. The minimum atomic E-state index is -0.460. The van der Waals surface area contributed by atoms with Crippen molar-refractivity contribution in [2.75, 3.05) is 45.9 Å². The normalized spacial score (nSPS) is 10.2. The lowest BCUT2D eigenvalue weighted by Gasteiger charge is -2.08. The summed E-state index contributed by atoms with van der Waals surface area (Å²) in [6.07, 6.45) is 0. The van der Waals surface area contributed by atoms with Crippen molar-refractivity contribution in [3.8, 4) is 5.75 Å². The maximum absolute atomic E-state index is 11.3. The number of para-hydroxylation sites is 2. The minimum Gasteiger partial charge on any atom is -0.480 e. The average Bonchev–Trinajstić information content (AvgIpc) is 2.42. The number of carbonyl (C=O) groups excluding carboxylic acids is 1. The molecule has 106 valence electrons. The molecule has 6 heteroatoms. The lowest BCUT2D eigenvalue weighted by molar-refractivity contribution is -0.147. The molecular formula is C13H19NO5. The first-order chi connectivity index (χ1) is 9.24. The van der Waals surface area contributed by atoms with E-state index < -0.39 is 5.97 Å². The Morgan fingerprint density at radius 2 is 1.89 bits per heavy atom. The van der Waals surface area contributed by atoms with Crippen LogP contribution in [-0.2, 0) is 19.0 Å². The zero-order chi connectivity index (χ0) is 13.9. The number of hydrogen-bond donors (Lipinski definition) is 1. The Balaban J connectivity index is 2.10. The van der Waals surface area contributed by atoms with E-state index >= 15 is 0 Å². The van der Waals surface area contributed by atoms with Crippen molar-refractivity contribution in [2.45, 2.75) is 0 Å². The van der Waals surface area contributed by atoms with Crippen LogP contribution in [0.4, 0.5) is 5.69 Å². The second kappa shape index (κ2) is 9.18. The molecule has 0 bridgehead atoms. The summed E-state index contributed by atoms with van der Waals surface area (Å²) in [6, 6.07) is 6.96. The minimum absolute atomic E-state index is 0.174. The smallest absolute Gasteiger partial charge is 0.344 e. The van der Waals surface area contributed by atoms with Crippen molar-refractivity contribution in [2.24, 2.45) is 0 Å². The van der Waals surface area contributed by atoms with Crippen molar-refractivity contribution in [1.82, 2.24) is 0 Å². The monoisotopic (exact) mass is 269 g/mol. The molecule has 0 aliphatic carbocycles. The second-order valence-corrected chi connectivity index (χ2v) is 3.65. The predicted molar refractivity (Wildman–Crippen MR) is 70.0 cm³/mol. The molecule has 0 radical (unpaired) electrons. The molecule has 19 heavy (non-hydrogen) atoms. The van der Waals surface area contributed by atoms with Crippen LogP contribution in [-0.4, -0.2) is 46.1 Å². The highest BCUT2D eigenvalue weighted by Gasteiger charge is 2.05. The van der Waals surface area contributed by atoms with Gasteiger partial charge in [0, 0.05) is 7.11 Å². The summed E-state index contributed by atoms with van der Waals surface area (Å²) in [5, 5.41) is 0. The predicted octanol–water partition coefficient (Wildman–Crippen LogP) is 0.854. The Hall–Kier alpha value is -1.79. The molecule has 1 aromatic carbocycles. The number of ether oxygens (including phenoxy) is 4. The molecule has 0 aliphatic rings. The first-order valence-corrected chi connectivity index (χ1v) is 5.93. The number of rotatable bonds is 9. The van der Waals surface area contributed by atoms with Crippen LogP contribution in [0.25, 0.3) is 0 Å². The van der Waals surface area contributed by atoms with Gasteiger partial charge in [0.25, 0.3) is 0 Å². The maximum atomic E-state index is 11.3. The van der Waals surface area contributed by atoms with Gasteiger partial charge >= 0.3 is 5.97 Å². The molecule has 1 aromatic rings. The highest BCUT2D eigenvalue weighted by atomic mass is 16.6. The Bertz CT molecular complexity index is 383. The molecule has 1 rings (SSSR count). The van der Waals surface area contributed by atoms with E-state index in [2.05, 4.69) is 0 Å². The highest BCUT2D eigenvalue weighted by molar-refractivity contribution is 5.71. The molecule has 0 saturated heterocycles. The van der Waals surface area contributed by atoms with Gasteiger partial charge in [-0.15, -0.1) is 0 Å². The lowest BCUT2D eigenvalue weighted by Crippen LogP contribution is -2.18. The van der Waals surface area contributed by atoms with Crippen LogP contribution in [0, 0.1) is 0 Å². The van der Waals surface area contributed by atoms with Gasteiger partial charge in [-0.1, -0.05) is 12.1 Å². The number of anilines is 1. The molecule has 0 aliphatic heterocycles. The number of esters is 1. The van der Waals surface area contributed by atoms with Crippen LogP contribution in [0.2, 0.25) is 0 Å². The van der Waals surface area contributed by atoms with Gasteiger partial charge in [-0.3, -0.25) is 0 Å². The van der Waals surface area contributed by atoms with E-state index in [4.69, 9.17) is 24.7 Å². The van der Waals surface area contributed by atoms with Gasteiger partial charge in [-0.25, -0.2) is 4.79 Å². The Morgan fingerprint density at radius 3 is 2.63 bits per heavy atom. The molecule has 0 saturated carbocycles. The fourth-order valence-corrected chi connectivity index (χ4v) is 1.25. The number of methoxy groups -OCH3 is 1. The first kappa shape index (κ1) is 15.3. The van der Waals surface area contributed by atoms with Crippen molar-refractivity contribution in [1.29, 1.82) is 0 Å². The zero-order valence-corrected chi connectivity index (χ0v) is 11.0. The topological polar surface area (TPSA) is 80.0 Å². The molecule has 0 aromatic heterocycles. The van der Waals surface area contributed by atoms with Crippen LogP contribution in [0.1, 0.15) is 0 Å². The van der Waals surface area contributed by atoms with E-state index in [0.717, 1.165) is 0 Å². The molecule has 0 unspecified atom stereocenters. The van der Waals surface area contributed by atoms with Gasteiger partial charge in [-0.05, 0) is 12.1 Å². The van der Waals surface area contributed by atoms with Gasteiger partial charge in [0.05, 0.1) is 25.5 Å². The number of nitrogens with two attached hydrogens (primary N) is 1. The van der Waals surface area contributed by atoms with E-state index in [0.29, 0.717) is 31.3 Å². The SMILES string of the molecule is COCCOCCOC(=O)COc1ccccc1N. The van der Waals surface area contributed by atoms with E-state index in [-0.39, 0.29) is 13.2 Å². The quantitative estimate of drug-likeness (QED) is 0.407. The third kappa shape index (κ3) is 6.64. The van der Waals surface area contributed by atoms with E-state index in [1.165, 1.54) is 0 Å². The third-order valence-corrected chi connectivity index (χ3v) is 2.19. The van der Waals surface area contributed by atoms with Gasteiger partial charge in [0.2, 0.25) is 0 Å². The summed E-state index contributed by atoms with van der Waals surface area (Å²) in [4.78, 5) is 11.3. The molecule has 0 fully saturated rings. The fourth-order valence-electron chi connectivity index (χ4n) is 1.25. The van der Waals surface area contributed by atoms with Crippen LogP contribution < -0.4 is 10.5 Å². The van der Waals surface area contributed by atoms with Crippen molar-refractivity contribution >= 4 is 11.7 Å². The van der Waals surface area contributed by atoms with Gasteiger partial charge in [0.1, 0.15) is 12.4 Å². The summed E-state index contributed by atoms with van der Waals surface area (Å²) in [6.45, 7) is 1.35. The maximum Gasteiger partial charge on any atom is 0.344 e. The Labute approximate surface area is 112 Å². The third-order valence-electron chi connectivity index (χ3n) is 2.19. The number of nitrogen functional groups attached to an aromatic ring is 1. The second-order valence-electron chi connectivity index (χ2n) is 3.65. The van der Waals surface area contributed by atoms with Crippen molar-refractivity contribution in [3.05, 3.63) is 24.3 Å². The fraction of sp³-hybridized carbons (Fsp3) is 0.462. The molecule has 0 amide bonds. The molecule has 2 N–H and O–H groups in total. The van der Waals surface area contributed by atoms with E-state index in [1.807, 2.05) is 0 Å². The molecule has 6 nitrogen and oxygen atoms in total. The highest BCUT2D eigenvalue weighted by Crippen LogP contribution is 2.19. The summed E-state index contributed by atoms with van der Waals surface area (Å²) < 4.78 is 20.1. The van der Waals surface area contributed by atoms with Crippen molar-refractivity contribution in [3.63, 3.8) is 0 Å². The average molecular weight is 269 g/mol. The van der Waals surface area contributed by atoms with Crippen LogP contribution >= 0.6 is 0 Å². The summed E-state index contributed by atoms with van der Waals surface area (Å²) in [7, 11) is 1.59. The van der Waals surface area contributed by atoms with Gasteiger partial charge < -0.3 is 24.7 Å². The number of benzene rings is 1. The molecular weight excluding hydrogens is 250 g/mol.